The molecule has 2 unspecified atom stereocenters. The summed E-state index contributed by atoms with van der Waals surface area (Å²) in [5, 5.41) is 3.47. The molecule has 0 saturated carbocycles. The molecule has 2 saturated heterocycles. The third-order valence-corrected chi connectivity index (χ3v) is 4.00. The van der Waals surface area contributed by atoms with Gasteiger partial charge in [-0.1, -0.05) is 6.42 Å². The van der Waals surface area contributed by atoms with Crippen LogP contribution in [0.4, 0.5) is 0 Å². The van der Waals surface area contributed by atoms with E-state index >= 15 is 0 Å². The zero-order valence-corrected chi connectivity index (χ0v) is 10.6. The number of rotatable bonds is 5. The van der Waals surface area contributed by atoms with Crippen LogP contribution in [-0.2, 0) is 4.74 Å². The average molecular weight is 226 g/mol. The number of piperidine rings is 1. The van der Waals surface area contributed by atoms with Crippen LogP contribution in [0.25, 0.3) is 0 Å². The predicted octanol–water partition coefficient (Wildman–Crippen LogP) is 1.63. The SMILES string of the molecule is CN1CCCCC1CCOCC1CCCN1. The van der Waals surface area contributed by atoms with Crippen molar-refractivity contribution in [3.05, 3.63) is 0 Å². The van der Waals surface area contributed by atoms with Crippen molar-refractivity contribution < 1.29 is 4.74 Å². The minimum atomic E-state index is 0.629. The summed E-state index contributed by atoms with van der Waals surface area (Å²) >= 11 is 0. The Morgan fingerprint density at radius 2 is 2.19 bits per heavy atom. The van der Waals surface area contributed by atoms with Crippen LogP contribution in [0.15, 0.2) is 0 Å². The first kappa shape index (κ1) is 12.3. The fourth-order valence-corrected chi connectivity index (χ4v) is 2.85. The van der Waals surface area contributed by atoms with E-state index in [1.54, 1.807) is 0 Å². The molecule has 2 aliphatic heterocycles. The van der Waals surface area contributed by atoms with Crippen LogP contribution in [0.3, 0.4) is 0 Å². The van der Waals surface area contributed by atoms with Crippen molar-refractivity contribution in [3.63, 3.8) is 0 Å². The molecule has 0 aromatic carbocycles. The molecule has 0 radical (unpaired) electrons. The Hall–Kier alpha value is -0.120. The van der Waals surface area contributed by atoms with Crippen molar-refractivity contribution in [1.29, 1.82) is 0 Å². The molecule has 94 valence electrons. The van der Waals surface area contributed by atoms with E-state index < -0.39 is 0 Å². The molecule has 2 rings (SSSR count). The first-order chi connectivity index (χ1) is 7.86. The zero-order chi connectivity index (χ0) is 11.2. The molecule has 2 aliphatic rings. The van der Waals surface area contributed by atoms with Gasteiger partial charge in [0.25, 0.3) is 0 Å². The Morgan fingerprint density at radius 1 is 1.25 bits per heavy atom. The lowest BCUT2D eigenvalue weighted by molar-refractivity contribution is 0.0816. The highest BCUT2D eigenvalue weighted by molar-refractivity contribution is 4.75. The van der Waals surface area contributed by atoms with Crippen molar-refractivity contribution in [1.82, 2.24) is 10.2 Å². The molecular weight excluding hydrogens is 200 g/mol. The molecule has 2 atom stereocenters. The Balaban J connectivity index is 1.53. The molecule has 0 spiro atoms. The van der Waals surface area contributed by atoms with Crippen molar-refractivity contribution in [2.24, 2.45) is 0 Å². The maximum absolute atomic E-state index is 5.78. The monoisotopic (exact) mass is 226 g/mol. The number of nitrogens with zero attached hydrogens (tertiary/aromatic N) is 1. The summed E-state index contributed by atoms with van der Waals surface area (Å²) in [5.74, 6) is 0. The molecule has 3 nitrogen and oxygen atoms in total. The van der Waals surface area contributed by atoms with E-state index in [1.807, 2.05) is 0 Å². The first-order valence-corrected chi connectivity index (χ1v) is 6.87. The second-order valence-corrected chi connectivity index (χ2v) is 5.29. The van der Waals surface area contributed by atoms with Gasteiger partial charge in [-0.25, -0.2) is 0 Å². The van der Waals surface area contributed by atoms with Crippen LogP contribution in [0.2, 0.25) is 0 Å². The molecular formula is C13H26N2O. The van der Waals surface area contributed by atoms with Gasteiger partial charge in [0.2, 0.25) is 0 Å². The van der Waals surface area contributed by atoms with E-state index in [1.165, 1.54) is 51.6 Å². The summed E-state index contributed by atoms with van der Waals surface area (Å²) in [6.45, 7) is 4.30. The van der Waals surface area contributed by atoms with E-state index in [-0.39, 0.29) is 0 Å². The Kier molecular flexibility index (Phi) is 5.07. The second kappa shape index (κ2) is 6.58. The Bertz CT molecular complexity index is 192. The molecule has 1 N–H and O–H groups in total. The lowest BCUT2D eigenvalue weighted by atomic mass is 10.0. The molecule has 2 heterocycles. The van der Waals surface area contributed by atoms with E-state index in [4.69, 9.17) is 4.74 Å². The van der Waals surface area contributed by atoms with E-state index in [0.29, 0.717) is 6.04 Å². The predicted molar refractivity (Wildman–Crippen MR) is 66.7 cm³/mol. The lowest BCUT2D eigenvalue weighted by Gasteiger charge is -2.32. The summed E-state index contributed by atoms with van der Waals surface area (Å²) in [4.78, 5) is 2.50. The molecule has 0 aromatic heterocycles. The fourth-order valence-electron chi connectivity index (χ4n) is 2.85. The van der Waals surface area contributed by atoms with E-state index in [0.717, 1.165) is 19.3 Å². The van der Waals surface area contributed by atoms with Gasteiger partial charge >= 0.3 is 0 Å². The van der Waals surface area contributed by atoms with Gasteiger partial charge in [0.15, 0.2) is 0 Å². The van der Waals surface area contributed by atoms with Crippen LogP contribution >= 0.6 is 0 Å². The summed E-state index contributed by atoms with van der Waals surface area (Å²) < 4.78 is 5.78. The van der Waals surface area contributed by atoms with Crippen molar-refractivity contribution in [3.8, 4) is 0 Å². The molecule has 0 bridgehead atoms. The quantitative estimate of drug-likeness (QED) is 0.721. The minimum absolute atomic E-state index is 0.629. The van der Waals surface area contributed by atoms with Crippen LogP contribution in [0, 0.1) is 0 Å². The highest BCUT2D eigenvalue weighted by Crippen LogP contribution is 2.17. The molecule has 0 aliphatic carbocycles. The number of hydrogen-bond donors (Lipinski definition) is 1. The van der Waals surface area contributed by atoms with Crippen LogP contribution in [-0.4, -0.2) is 50.3 Å². The number of likely N-dealkylation sites (tertiary alicyclic amines) is 1. The third-order valence-electron chi connectivity index (χ3n) is 4.00. The van der Waals surface area contributed by atoms with Crippen molar-refractivity contribution >= 4 is 0 Å². The van der Waals surface area contributed by atoms with Crippen LogP contribution < -0.4 is 5.32 Å². The smallest absolute Gasteiger partial charge is 0.0619 e. The van der Waals surface area contributed by atoms with E-state index in [2.05, 4.69) is 17.3 Å². The van der Waals surface area contributed by atoms with Gasteiger partial charge in [-0.2, -0.15) is 0 Å². The fraction of sp³-hybridized carbons (Fsp3) is 1.00. The lowest BCUT2D eigenvalue weighted by Crippen LogP contribution is -2.37. The van der Waals surface area contributed by atoms with Crippen molar-refractivity contribution in [2.45, 2.75) is 50.6 Å². The molecule has 3 heteroatoms. The summed E-state index contributed by atoms with van der Waals surface area (Å²) in [5.41, 5.74) is 0. The number of hydrogen-bond acceptors (Lipinski definition) is 3. The summed E-state index contributed by atoms with van der Waals surface area (Å²) in [6, 6.07) is 1.40. The van der Waals surface area contributed by atoms with Gasteiger partial charge in [0, 0.05) is 18.7 Å². The first-order valence-electron chi connectivity index (χ1n) is 6.87. The highest BCUT2D eigenvalue weighted by Gasteiger charge is 2.19. The van der Waals surface area contributed by atoms with Gasteiger partial charge < -0.3 is 15.0 Å². The Labute approximate surface area is 99.5 Å². The standard InChI is InChI=1S/C13H26N2O/c1-15-9-3-2-6-13(15)7-10-16-11-12-5-4-8-14-12/h12-14H,2-11H2,1H3. The summed E-state index contributed by atoms with van der Waals surface area (Å²) in [7, 11) is 2.25. The van der Waals surface area contributed by atoms with Crippen LogP contribution in [0.5, 0.6) is 0 Å². The van der Waals surface area contributed by atoms with Gasteiger partial charge in [0.1, 0.15) is 0 Å². The minimum Gasteiger partial charge on any atom is -0.380 e. The Morgan fingerprint density at radius 3 is 2.94 bits per heavy atom. The molecule has 0 amide bonds. The topological polar surface area (TPSA) is 24.5 Å². The highest BCUT2D eigenvalue weighted by atomic mass is 16.5. The molecule has 0 aromatic rings. The third kappa shape index (κ3) is 3.72. The van der Waals surface area contributed by atoms with Crippen molar-refractivity contribution in [2.75, 3.05) is 33.4 Å². The largest absolute Gasteiger partial charge is 0.380 e. The summed E-state index contributed by atoms with van der Waals surface area (Å²) in [6.07, 6.45) is 7.96. The van der Waals surface area contributed by atoms with E-state index in [9.17, 15) is 0 Å². The van der Waals surface area contributed by atoms with Gasteiger partial charge in [0.05, 0.1) is 6.61 Å². The molecule has 16 heavy (non-hydrogen) atoms. The number of ether oxygens (including phenoxy) is 1. The zero-order valence-electron chi connectivity index (χ0n) is 10.6. The maximum atomic E-state index is 5.78. The molecule has 2 fully saturated rings. The van der Waals surface area contributed by atoms with Gasteiger partial charge in [-0.05, 0) is 52.2 Å². The normalized spacial score (nSPS) is 32.1. The van der Waals surface area contributed by atoms with Gasteiger partial charge in [-0.3, -0.25) is 0 Å². The number of nitrogens with one attached hydrogen (secondary N) is 1. The maximum Gasteiger partial charge on any atom is 0.0619 e. The van der Waals surface area contributed by atoms with Crippen LogP contribution in [0.1, 0.15) is 38.5 Å². The average Bonchev–Trinajstić information content (AvgIpc) is 2.79. The van der Waals surface area contributed by atoms with Gasteiger partial charge in [-0.15, -0.1) is 0 Å². The second-order valence-electron chi connectivity index (χ2n) is 5.29.